The summed E-state index contributed by atoms with van der Waals surface area (Å²) in [4.78, 5) is 12.6. The highest BCUT2D eigenvalue weighted by atomic mass is 32.2. The van der Waals surface area contributed by atoms with Crippen LogP contribution in [-0.2, 0) is 20.6 Å². The van der Waals surface area contributed by atoms with E-state index in [1.54, 1.807) is 0 Å². The monoisotopic (exact) mass is 364 g/mol. The van der Waals surface area contributed by atoms with E-state index in [9.17, 15) is 17.8 Å². The number of carbonyl (C=O) groups is 1. The number of alkyl halides is 2. The van der Waals surface area contributed by atoms with Crippen molar-refractivity contribution in [3.05, 3.63) is 0 Å². The molecule has 4 aliphatic rings. The molecule has 0 saturated heterocycles. The van der Waals surface area contributed by atoms with Crippen LogP contribution in [0, 0.1) is 23.2 Å². The van der Waals surface area contributed by atoms with Crippen molar-refractivity contribution in [1.29, 1.82) is 0 Å². The highest BCUT2D eigenvalue weighted by Crippen LogP contribution is 2.60. The Morgan fingerprint density at radius 2 is 1.62 bits per heavy atom. The number of rotatable bonds is 8. The van der Waals surface area contributed by atoms with Crippen LogP contribution in [0.15, 0.2) is 0 Å². The van der Waals surface area contributed by atoms with Crippen LogP contribution in [0.4, 0.5) is 8.78 Å². The molecule has 4 saturated carbocycles. The fourth-order valence-electron chi connectivity index (χ4n) is 5.38. The van der Waals surface area contributed by atoms with Crippen molar-refractivity contribution in [2.24, 2.45) is 23.2 Å². The average Bonchev–Trinajstić information content (AvgIpc) is 2.48. The minimum atomic E-state index is -3.55. The largest absolute Gasteiger partial charge is 0.465 e. The summed E-state index contributed by atoms with van der Waals surface area (Å²) in [6, 6.07) is 0. The van der Waals surface area contributed by atoms with Gasteiger partial charge in [-0.05, 0) is 75.5 Å². The van der Waals surface area contributed by atoms with Crippen LogP contribution in [0.2, 0.25) is 0 Å². The van der Waals surface area contributed by atoms with Crippen molar-refractivity contribution in [2.75, 3.05) is 6.61 Å². The summed E-state index contributed by atoms with van der Waals surface area (Å²) in [5.41, 5.74) is -0.268. The number of unbranched alkanes of at least 4 members (excludes halogenated alkanes) is 2. The van der Waals surface area contributed by atoms with Crippen LogP contribution < -0.4 is 0 Å². The molecule has 24 heavy (non-hydrogen) atoms. The summed E-state index contributed by atoms with van der Waals surface area (Å²) in [5, 5.41) is -3.55. The predicted octanol–water partition coefficient (Wildman–Crippen LogP) is 4.12. The van der Waals surface area contributed by atoms with Gasteiger partial charge in [0.05, 0.1) is 12.0 Å². The van der Waals surface area contributed by atoms with E-state index in [1.165, 1.54) is 19.3 Å². The summed E-state index contributed by atoms with van der Waals surface area (Å²) in [5.74, 6) is 1.98. The zero-order valence-corrected chi connectivity index (χ0v) is 14.7. The molecule has 1 atom stereocenters. The first-order chi connectivity index (χ1) is 11.3. The maximum Gasteiger partial charge on any atom is 0.345 e. The molecule has 138 valence electrons. The van der Waals surface area contributed by atoms with Gasteiger partial charge < -0.3 is 9.29 Å². The molecule has 4 nitrogen and oxygen atoms in total. The second kappa shape index (κ2) is 6.98. The highest BCUT2D eigenvalue weighted by molar-refractivity contribution is 7.80. The SMILES string of the molecule is O=C(OCCCCCC(F)(F)S(=O)O)C12CC3CC(CC(C3)C1)C2. The summed E-state index contributed by atoms with van der Waals surface area (Å²) >= 11 is -3.12. The second-order valence-corrected chi connectivity index (χ2v) is 9.13. The maximum atomic E-state index is 13.0. The molecular weight excluding hydrogens is 338 g/mol. The van der Waals surface area contributed by atoms with Gasteiger partial charge in [0.1, 0.15) is 0 Å². The van der Waals surface area contributed by atoms with Crippen molar-refractivity contribution >= 4 is 17.0 Å². The first kappa shape index (κ1) is 18.2. The van der Waals surface area contributed by atoms with E-state index >= 15 is 0 Å². The van der Waals surface area contributed by atoms with Crippen molar-refractivity contribution in [3.63, 3.8) is 0 Å². The van der Waals surface area contributed by atoms with Crippen LogP contribution >= 0.6 is 0 Å². The van der Waals surface area contributed by atoms with Gasteiger partial charge in [0.15, 0.2) is 0 Å². The molecule has 4 aliphatic carbocycles. The molecule has 7 heteroatoms. The van der Waals surface area contributed by atoms with E-state index in [1.807, 2.05) is 0 Å². The van der Waals surface area contributed by atoms with Gasteiger partial charge in [-0.2, -0.15) is 8.78 Å². The normalized spacial score (nSPS) is 35.9. The summed E-state index contributed by atoms with van der Waals surface area (Å²) < 4.78 is 50.3. The molecule has 4 bridgehead atoms. The summed E-state index contributed by atoms with van der Waals surface area (Å²) in [7, 11) is 0. The summed E-state index contributed by atoms with van der Waals surface area (Å²) in [6.07, 6.45) is 7.22. The van der Waals surface area contributed by atoms with E-state index in [4.69, 9.17) is 9.29 Å². The minimum Gasteiger partial charge on any atom is -0.465 e. The van der Waals surface area contributed by atoms with Crippen molar-refractivity contribution < 1.29 is 27.1 Å². The molecule has 1 unspecified atom stereocenters. The molecule has 4 fully saturated rings. The Balaban J connectivity index is 1.37. The first-order valence-electron chi connectivity index (χ1n) is 8.97. The van der Waals surface area contributed by atoms with E-state index < -0.39 is 22.8 Å². The lowest BCUT2D eigenvalue weighted by molar-refractivity contribution is -0.171. The van der Waals surface area contributed by atoms with E-state index in [-0.39, 0.29) is 24.4 Å². The third kappa shape index (κ3) is 3.82. The number of ether oxygens (including phenoxy) is 1. The van der Waals surface area contributed by atoms with Gasteiger partial charge in [0.2, 0.25) is 11.1 Å². The van der Waals surface area contributed by atoms with Gasteiger partial charge in [0.25, 0.3) is 0 Å². The molecule has 0 aromatic rings. The lowest BCUT2D eigenvalue weighted by Gasteiger charge is -2.55. The van der Waals surface area contributed by atoms with Gasteiger partial charge >= 0.3 is 11.2 Å². The smallest absolute Gasteiger partial charge is 0.345 e. The Bertz CT molecular complexity index is 474. The number of hydrogen-bond donors (Lipinski definition) is 1. The molecule has 0 aromatic carbocycles. The summed E-state index contributed by atoms with van der Waals surface area (Å²) in [6.45, 7) is 0.258. The maximum absolute atomic E-state index is 13.0. The first-order valence-corrected chi connectivity index (χ1v) is 10.1. The van der Waals surface area contributed by atoms with E-state index in [0.717, 1.165) is 19.3 Å². The Hall–Kier alpha value is -0.560. The van der Waals surface area contributed by atoms with Crippen LogP contribution in [-0.4, -0.2) is 26.6 Å². The number of esters is 1. The Labute approximate surface area is 144 Å². The Morgan fingerprint density at radius 1 is 1.08 bits per heavy atom. The zero-order chi connectivity index (χ0) is 17.4. The van der Waals surface area contributed by atoms with Crippen molar-refractivity contribution in [3.8, 4) is 0 Å². The van der Waals surface area contributed by atoms with E-state index in [2.05, 4.69) is 0 Å². The minimum absolute atomic E-state index is 0.0802. The molecule has 0 aromatic heterocycles. The molecule has 0 spiro atoms. The Kier molecular flexibility index (Phi) is 5.30. The van der Waals surface area contributed by atoms with Crippen LogP contribution in [0.25, 0.3) is 0 Å². The van der Waals surface area contributed by atoms with Gasteiger partial charge in [0, 0.05) is 6.42 Å². The fourth-order valence-corrected chi connectivity index (χ4v) is 5.69. The molecule has 0 amide bonds. The molecule has 1 N–H and O–H groups in total. The zero-order valence-electron chi connectivity index (χ0n) is 13.8. The molecule has 0 radical (unpaired) electrons. The van der Waals surface area contributed by atoms with Crippen molar-refractivity contribution in [1.82, 2.24) is 0 Å². The van der Waals surface area contributed by atoms with Gasteiger partial charge in [-0.3, -0.25) is 4.79 Å². The van der Waals surface area contributed by atoms with Crippen molar-refractivity contribution in [2.45, 2.75) is 69.5 Å². The highest BCUT2D eigenvalue weighted by Gasteiger charge is 2.55. The lowest BCUT2D eigenvalue weighted by Crippen LogP contribution is -2.50. The fraction of sp³-hybridized carbons (Fsp3) is 0.941. The molecular formula is C17H26F2O4S. The van der Waals surface area contributed by atoms with Gasteiger partial charge in [-0.15, -0.1) is 0 Å². The van der Waals surface area contributed by atoms with Gasteiger partial charge in [-0.25, -0.2) is 4.21 Å². The molecule has 0 aliphatic heterocycles. The topological polar surface area (TPSA) is 63.6 Å². The standard InChI is InChI=1S/C17H26F2O4S/c18-17(19,24(21)22)4-2-1-3-5-23-15(20)16-9-12-6-13(10-16)8-14(7-12)11-16/h12-14H,1-11H2,(H,21,22). The third-order valence-electron chi connectivity index (χ3n) is 6.07. The average molecular weight is 364 g/mol. The van der Waals surface area contributed by atoms with Gasteiger partial charge in [-0.1, -0.05) is 0 Å². The predicted molar refractivity (Wildman–Crippen MR) is 85.8 cm³/mol. The number of halogens is 2. The van der Waals surface area contributed by atoms with E-state index in [0.29, 0.717) is 30.6 Å². The number of hydrogen-bond acceptors (Lipinski definition) is 3. The van der Waals surface area contributed by atoms with Crippen LogP contribution in [0.5, 0.6) is 0 Å². The third-order valence-corrected chi connectivity index (χ3v) is 6.79. The van der Waals surface area contributed by atoms with Crippen LogP contribution in [0.3, 0.4) is 0 Å². The Morgan fingerprint density at radius 3 is 2.12 bits per heavy atom. The quantitative estimate of drug-likeness (QED) is 0.400. The lowest BCUT2D eigenvalue weighted by atomic mass is 9.49. The molecule has 0 heterocycles. The molecule has 4 rings (SSSR count). The van der Waals surface area contributed by atoms with Crippen LogP contribution in [0.1, 0.15) is 64.2 Å². The second-order valence-electron chi connectivity index (χ2n) is 8.03. The number of carbonyl (C=O) groups excluding carboxylic acids is 1.